The van der Waals surface area contributed by atoms with Crippen molar-refractivity contribution in [3.8, 4) is 74.1 Å². The molecule has 18 rings (SSSR count). The van der Waals surface area contributed by atoms with Crippen molar-refractivity contribution in [3.05, 3.63) is 288 Å². The predicted octanol–water partition coefficient (Wildman–Crippen LogP) is 21.4. The number of anilines is 3. The molecule has 0 bridgehead atoms. The summed E-state index contributed by atoms with van der Waals surface area (Å²) in [5.74, 6) is 1.33. The van der Waals surface area contributed by atoms with Crippen LogP contribution < -0.4 is 26.0 Å². The number of hydrogen-bond donors (Lipinski definition) is 0. The van der Waals surface area contributed by atoms with Crippen LogP contribution in [0.5, 0.6) is 11.5 Å². The fourth-order valence-corrected chi connectivity index (χ4v) is 16.2. The van der Waals surface area contributed by atoms with Crippen LogP contribution in [0.15, 0.2) is 237 Å². The molecule has 478 valence electrons. The van der Waals surface area contributed by atoms with Gasteiger partial charge in [-0.25, -0.2) is 0 Å². The minimum Gasteiger partial charge on any atom is -0.458 e. The highest BCUT2D eigenvalue weighted by Gasteiger charge is 2.44. The molecule has 7 nitrogen and oxygen atoms in total. The number of rotatable bonds is 7. The lowest BCUT2D eigenvalue weighted by molar-refractivity contribution is 0.488. The minimum atomic E-state index is -0.399. The van der Waals surface area contributed by atoms with E-state index < -0.39 is 6.71 Å². The zero-order valence-electron chi connectivity index (χ0n) is 57.7. The van der Waals surface area contributed by atoms with Crippen molar-refractivity contribution in [3.63, 3.8) is 0 Å². The standard InChI is InChI=1S/C92H71BN6O/c1-90(2,3)61-34-42-82(71(50-61)58-21-11-10-12-22-58)99-85-53-64(96-83-43-35-62(91(4,5)6)51-72(83)73-52-63(92(7,8)9)36-44-84(73)96)37-39-74(85)93-75-38-33-59(69-45-56(54-94)31-40-80(69)97-76-27-17-13-23-65(76)66-24-14-18-28-77(66)97)48-87(75)100-88-49-60(47-86(99)89(88)93)70-46-57(55-95)32-41-81(70)98-78-29-19-15-25-67(78)68-26-16-20-30-79(68)98/h10-17,19-27,29-32,34-37,39-53H,18,28H2,1-9H3. The Hall–Kier alpha value is -12.0. The van der Waals surface area contributed by atoms with Crippen LogP contribution in [-0.2, 0) is 22.7 Å². The van der Waals surface area contributed by atoms with Gasteiger partial charge in [0.15, 0.2) is 0 Å². The number of nitrogens with zero attached hydrogens (tertiary/aromatic N) is 6. The number of para-hydroxylation sites is 3. The van der Waals surface area contributed by atoms with Gasteiger partial charge in [-0.15, -0.1) is 0 Å². The Kier molecular flexibility index (Phi) is 13.4. The van der Waals surface area contributed by atoms with Gasteiger partial charge in [-0.05, 0) is 189 Å². The average molecular weight is 1290 g/mol. The average Bonchev–Trinajstić information content (AvgIpc) is 0.869. The van der Waals surface area contributed by atoms with E-state index in [0.717, 1.165) is 135 Å². The third-order valence-corrected chi connectivity index (χ3v) is 21.3. The molecular weight excluding hydrogens is 1220 g/mol. The van der Waals surface area contributed by atoms with Crippen molar-refractivity contribution in [2.24, 2.45) is 0 Å². The number of allylic oxidation sites excluding steroid dienone is 1. The van der Waals surface area contributed by atoms with E-state index in [0.29, 0.717) is 22.6 Å². The summed E-state index contributed by atoms with van der Waals surface area (Å²) in [4.78, 5) is 2.51. The summed E-state index contributed by atoms with van der Waals surface area (Å²) in [5.41, 5.74) is 26.9. The molecule has 0 N–H and O–H groups in total. The van der Waals surface area contributed by atoms with Crippen LogP contribution in [0.3, 0.4) is 0 Å². The Labute approximate surface area is 584 Å². The highest BCUT2D eigenvalue weighted by atomic mass is 16.5. The first-order valence-corrected chi connectivity index (χ1v) is 34.8. The minimum absolute atomic E-state index is 0.0757. The van der Waals surface area contributed by atoms with Crippen LogP contribution >= 0.6 is 0 Å². The predicted molar refractivity (Wildman–Crippen MR) is 415 cm³/mol. The van der Waals surface area contributed by atoms with Crippen molar-refractivity contribution in [2.75, 3.05) is 4.90 Å². The monoisotopic (exact) mass is 1290 g/mol. The van der Waals surface area contributed by atoms with Crippen LogP contribution in [-0.4, -0.2) is 20.4 Å². The summed E-state index contributed by atoms with van der Waals surface area (Å²) in [6.45, 7) is 20.3. The van der Waals surface area contributed by atoms with Gasteiger partial charge >= 0.3 is 0 Å². The van der Waals surface area contributed by atoms with Crippen molar-refractivity contribution in [1.29, 1.82) is 10.5 Å². The number of aromatic nitrogens is 3. The molecular formula is C92H71BN6O. The van der Waals surface area contributed by atoms with Crippen LogP contribution in [0, 0.1) is 34.8 Å². The number of fused-ring (bicyclic) bond motifs is 13. The zero-order chi connectivity index (χ0) is 68.3. The van der Waals surface area contributed by atoms with Gasteiger partial charge in [0.2, 0.25) is 0 Å². The molecule has 3 aromatic heterocycles. The first-order chi connectivity index (χ1) is 48.4. The molecule has 15 aromatic rings. The zero-order valence-corrected chi connectivity index (χ0v) is 57.7. The molecule has 0 saturated heterocycles. The molecule has 12 aromatic carbocycles. The van der Waals surface area contributed by atoms with Crippen LogP contribution in [0.4, 0.5) is 17.1 Å². The van der Waals surface area contributed by atoms with E-state index in [2.05, 4.69) is 330 Å². The van der Waals surface area contributed by atoms with Crippen LogP contribution in [0.2, 0.25) is 0 Å². The SMILES string of the molecule is CC(C)(C)c1ccc(N2c3cc(-n4c5ccc(C(C)(C)C)cc5c5cc(C(C)(C)C)ccc54)ccc3B3c4c#cc(-c5cc(C#N)ccc5-n5c6c(c7ccccc75)C=CCC6)cc4Oc4cc(-c5cc(C#N)ccc5-n5c6ccccc6c6ccccc65)cc2c43)c(-c2ccccc2)c1. The molecule has 0 unspecified atom stereocenters. The lowest BCUT2D eigenvalue weighted by Gasteiger charge is -2.41. The summed E-state index contributed by atoms with van der Waals surface area (Å²) in [6, 6.07) is 96.4. The highest BCUT2D eigenvalue weighted by Crippen LogP contribution is 2.50. The lowest BCUT2D eigenvalue weighted by atomic mass is 9.34. The summed E-state index contributed by atoms with van der Waals surface area (Å²) in [6.07, 6.45) is 6.34. The number of benzene rings is 11. The quantitative estimate of drug-likeness (QED) is 0.149. The van der Waals surface area contributed by atoms with Crippen molar-refractivity contribution in [1.82, 2.24) is 13.7 Å². The molecule has 0 spiro atoms. The van der Waals surface area contributed by atoms with E-state index in [9.17, 15) is 10.5 Å². The molecule has 0 saturated carbocycles. The lowest BCUT2D eigenvalue weighted by Crippen LogP contribution is -2.59. The topological polar surface area (TPSA) is 74.8 Å². The van der Waals surface area contributed by atoms with Crippen molar-refractivity contribution in [2.45, 2.75) is 91.4 Å². The maximum atomic E-state index is 11.0. The summed E-state index contributed by atoms with van der Waals surface area (Å²) >= 11 is 0. The molecule has 8 heteroatoms. The Bertz CT molecular complexity index is 5990. The van der Waals surface area contributed by atoms with E-state index in [1.165, 1.54) is 44.1 Å². The van der Waals surface area contributed by atoms with Crippen LogP contribution in [0.1, 0.15) is 108 Å². The summed E-state index contributed by atoms with van der Waals surface area (Å²) in [7, 11) is 0. The first kappa shape index (κ1) is 60.4. The fourth-order valence-electron chi connectivity index (χ4n) is 16.2. The Morgan fingerprint density at radius 3 is 1.61 bits per heavy atom. The van der Waals surface area contributed by atoms with Gasteiger partial charge in [0.05, 0.1) is 67.9 Å². The van der Waals surface area contributed by atoms with Gasteiger partial charge < -0.3 is 23.3 Å². The van der Waals surface area contributed by atoms with E-state index in [4.69, 9.17) is 4.74 Å². The maximum absolute atomic E-state index is 11.0. The summed E-state index contributed by atoms with van der Waals surface area (Å²) < 4.78 is 14.9. The van der Waals surface area contributed by atoms with E-state index in [1.54, 1.807) is 0 Å². The molecule has 0 atom stereocenters. The highest BCUT2D eigenvalue weighted by molar-refractivity contribution is 6.99. The second-order valence-electron chi connectivity index (χ2n) is 30.5. The Morgan fingerprint density at radius 2 is 0.970 bits per heavy atom. The Morgan fingerprint density at radius 1 is 0.420 bits per heavy atom. The first-order valence-electron chi connectivity index (χ1n) is 34.8. The molecule has 3 aliphatic rings. The number of nitriles is 2. The van der Waals surface area contributed by atoms with Crippen molar-refractivity contribution >= 4 is 101 Å². The van der Waals surface area contributed by atoms with Crippen LogP contribution in [0.25, 0.3) is 111 Å². The smallest absolute Gasteiger partial charge is 0.266 e. The van der Waals surface area contributed by atoms with E-state index >= 15 is 0 Å². The molecule has 2 aliphatic heterocycles. The van der Waals surface area contributed by atoms with Crippen molar-refractivity contribution < 1.29 is 4.74 Å². The van der Waals surface area contributed by atoms with E-state index in [1.807, 2.05) is 18.2 Å². The molecule has 100 heavy (non-hydrogen) atoms. The van der Waals surface area contributed by atoms with Gasteiger partial charge in [-0.1, -0.05) is 196 Å². The van der Waals surface area contributed by atoms with Gasteiger partial charge in [-0.3, -0.25) is 0 Å². The van der Waals surface area contributed by atoms with E-state index in [-0.39, 0.29) is 16.2 Å². The number of ether oxygens (including phenoxy) is 1. The fraction of sp³-hybridized carbons (Fsp3) is 0.152. The van der Waals surface area contributed by atoms with Gasteiger partial charge in [0, 0.05) is 83.0 Å². The number of hydrogen-bond acceptors (Lipinski definition) is 4. The molecule has 5 heterocycles. The molecule has 1 aliphatic carbocycles. The molecule has 0 amide bonds. The second kappa shape index (κ2) is 22.3. The maximum Gasteiger partial charge on any atom is 0.266 e. The third kappa shape index (κ3) is 9.40. The van der Waals surface area contributed by atoms with Gasteiger partial charge in [0.25, 0.3) is 6.71 Å². The van der Waals surface area contributed by atoms with Gasteiger partial charge in [-0.2, -0.15) is 10.5 Å². The third-order valence-electron chi connectivity index (χ3n) is 21.3. The molecule has 0 radical (unpaired) electrons. The summed E-state index contributed by atoms with van der Waals surface area (Å²) in [5, 5.41) is 27.6. The molecule has 0 fully saturated rings. The second-order valence-corrected chi connectivity index (χ2v) is 30.5. The van der Waals surface area contributed by atoms with Gasteiger partial charge in [0.1, 0.15) is 11.5 Å². The normalized spacial score (nSPS) is 13.3. The largest absolute Gasteiger partial charge is 0.458 e. The Balaban J connectivity index is 0.944.